The summed E-state index contributed by atoms with van der Waals surface area (Å²) in [6.45, 7) is 4.83. The molecule has 0 bridgehead atoms. The van der Waals surface area contributed by atoms with Gasteiger partial charge in [0.05, 0.1) is 12.6 Å². The predicted octanol–water partition coefficient (Wildman–Crippen LogP) is -0.279. The maximum Gasteiger partial charge on any atom is 0.239 e. The minimum absolute atomic E-state index is 0.0106. The normalized spacial score (nSPS) is 19.9. The number of rotatable bonds is 4. The minimum atomic E-state index is -0.108. The Balaban J connectivity index is 2.35. The molecule has 1 heterocycles. The quantitative estimate of drug-likeness (QED) is 0.694. The molecular formula is C11H21N3O2. The van der Waals surface area contributed by atoms with E-state index in [0.29, 0.717) is 0 Å². The average molecular weight is 227 g/mol. The highest BCUT2D eigenvalue weighted by atomic mass is 16.2. The van der Waals surface area contributed by atoms with Crippen molar-refractivity contribution in [1.82, 2.24) is 15.5 Å². The Labute approximate surface area is 96.6 Å². The summed E-state index contributed by atoms with van der Waals surface area (Å²) in [7, 11) is 1.67. The molecule has 1 atom stereocenters. The predicted molar refractivity (Wildman–Crippen MR) is 61.9 cm³/mol. The zero-order valence-corrected chi connectivity index (χ0v) is 10.2. The third kappa shape index (κ3) is 3.81. The monoisotopic (exact) mass is 227 g/mol. The van der Waals surface area contributed by atoms with E-state index in [1.54, 1.807) is 7.05 Å². The van der Waals surface area contributed by atoms with Crippen LogP contribution in [0.4, 0.5) is 0 Å². The van der Waals surface area contributed by atoms with Crippen LogP contribution in [-0.2, 0) is 9.59 Å². The Morgan fingerprint density at radius 1 is 1.50 bits per heavy atom. The Bertz CT molecular complexity index is 260. The van der Waals surface area contributed by atoms with Crippen LogP contribution in [0.1, 0.15) is 26.7 Å². The third-order valence-electron chi connectivity index (χ3n) is 2.57. The fourth-order valence-electron chi connectivity index (χ4n) is 1.82. The van der Waals surface area contributed by atoms with Crippen molar-refractivity contribution in [3.8, 4) is 0 Å². The second kappa shape index (κ2) is 5.84. The zero-order chi connectivity index (χ0) is 12.1. The third-order valence-corrected chi connectivity index (χ3v) is 2.57. The van der Waals surface area contributed by atoms with Crippen LogP contribution in [0.25, 0.3) is 0 Å². The maximum atomic E-state index is 11.8. The Morgan fingerprint density at radius 3 is 2.69 bits per heavy atom. The summed E-state index contributed by atoms with van der Waals surface area (Å²) in [6.07, 6.45) is 1.90. The number of nitrogens with zero attached hydrogens (tertiary/aromatic N) is 1. The van der Waals surface area contributed by atoms with Gasteiger partial charge in [-0.15, -0.1) is 0 Å². The Kier molecular flexibility index (Phi) is 4.73. The first-order chi connectivity index (χ1) is 7.50. The van der Waals surface area contributed by atoms with E-state index in [-0.39, 0.29) is 30.4 Å². The van der Waals surface area contributed by atoms with Crippen LogP contribution in [0.2, 0.25) is 0 Å². The molecule has 0 spiro atoms. The van der Waals surface area contributed by atoms with E-state index in [2.05, 4.69) is 10.6 Å². The smallest absolute Gasteiger partial charge is 0.239 e. The van der Waals surface area contributed by atoms with Gasteiger partial charge in [-0.3, -0.25) is 9.59 Å². The molecule has 5 heteroatoms. The Hall–Kier alpha value is -1.10. The van der Waals surface area contributed by atoms with Gasteiger partial charge in [0.15, 0.2) is 0 Å². The van der Waals surface area contributed by atoms with Crippen LogP contribution in [0, 0.1) is 0 Å². The number of carbonyl (C=O) groups excluding carboxylic acids is 2. The minimum Gasteiger partial charge on any atom is -0.352 e. The van der Waals surface area contributed by atoms with Gasteiger partial charge in [0, 0.05) is 13.1 Å². The molecule has 2 amide bonds. The van der Waals surface area contributed by atoms with Gasteiger partial charge in [-0.2, -0.15) is 0 Å². The first-order valence-electron chi connectivity index (χ1n) is 5.78. The van der Waals surface area contributed by atoms with Gasteiger partial charge in [0.25, 0.3) is 0 Å². The molecule has 0 aliphatic carbocycles. The van der Waals surface area contributed by atoms with Gasteiger partial charge in [0.1, 0.15) is 0 Å². The summed E-state index contributed by atoms with van der Waals surface area (Å²) >= 11 is 0. The SMILES string of the molecule is CC(C)NC(=O)CN(C)C(=O)C1CCCN1. The number of likely N-dealkylation sites (N-methyl/N-ethyl adjacent to an activating group) is 1. The summed E-state index contributed by atoms with van der Waals surface area (Å²) < 4.78 is 0. The maximum absolute atomic E-state index is 11.8. The lowest BCUT2D eigenvalue weighted by Gasteiger charge is -2.21. The highest BCUT2D eigenvalue weighted by molar-refractivity contribution is 5.87. The van der Waals surface area contributed by atoms with E-state index in [1.807, 2.05) is 13.8 Å². The molecule has 0 aromatic rings. The van der Waals surface area contributed by atoms with E-state index >= 15 is 0 Å². The van der Waals surface area contributed by atoms with Crippen LogP contribution >= 0.6 is 0 Å². The zero-order valence-electron chi connectivity index (χ0n) is 10.2. The highest BCUT2D eigenvalue weighted by Crippen LogP contribution is 2.07. The number of nitrogens with one attached hydrogen (secondary N) is 2. The summed E-state index contributed by atoms with van der Waals surface area (Å²) in [5.41, 5.74) is 0. The first-order valence-corrected chi connectivity index (χ1v) is 5.78. The van der Waals surface area contributed by atoms with Crippen molar-refractivity contribution in [2.24, 2.45) is 0 Å². The van der Waals surface area contributed by atoms with E-state index in [1.165, 1.54) is 4.90 Å². The van der Waals surface area contributed by atoms with Gasteiger partial charge in [0.2, 0.25) is 11.8 Å². The molecule has 1 aliphatic rings. The summed E-state index contributed by atoms with van der Waals surface area (Å²) in [6, 6.07) is 0.0115. The molecule has 0 aromatic carbocycles. The lowest BCUT2D eigenvalue weighted by molar-refractivity contribution is -0.136. The van der Waals surface area contributed by atoms with E-state index in [4.69, 9.17) is 0 Å². The van der Waals surface area contributed by atoms with Crippen LogP contribution in [0.15, 0.2) is 0 Å². The lowest BCUT2D eigenvalue weighted by atomic mass is 10.2. The van der Waals surface area contributed by atoms with Crippen LogP contribution in [0.3, 0.4) is 0 Å². The van der Waals surface area contributed by atoms with Crippen molar-refractivity contribution >= 4 is 11.8 Å². The standard InChI is InChI=1S/C11H21N3O2/c1-8(2)13-10(15)7-14(3)11(16)9-5-4-6-12-9/h8-9,12H,4-7H2,1-3H3,(H,13,15). The van der Waals surface area contributed by atoms with Crippen LogP contribution in [0.5, 0.6) is 0 Å². The molecule has 1 fully saturated rings. The van der Waals surface area contributed by atoms with Gasteiger partial charge in [-0.1, -0.05) is 0 Å². The van der Waals surface area contributed by atoms with E-state index in [9.17, 15) is 9.59 Å². The second-order valence-electron chi connectivity index (χ2n) is 4.57. The number of hydrogen-bond donors (Lipinski definition) is 2. The summed E-state index contributed by atoms with van der Waals surface area (Å²) in [5.74, 6) is -0.0970. The van der Waals surface area contributed by atoms with Gasteiger partial charge in [-0.25, -0.2) is 0 Å². The number of hydrogen-bond acceptors (Lipinski definition) is 3. The molecule has 1 saturated heterocycles. The highest BCUT2D eigenvalue weighted by Gasteiger charge is 2.25. The fraction of sp³-hybridized carbons (Fsp3) is 0.818. The molecule has 0 saturated carbocycles. The van der Waals surface area contributed by atoms with Crippen molar-refractivity contribution in [2.75, 3.05) is 20.1 Å². The molecule has 2 N–H and O–H groups in total. The largest absolute Gasteiger partial charge is 0.352 e. The lowest BCUT2D eigenvalue weighted by Crippen LogP contribution is -2.46. The molecule has 1 aliphatic heterocycles. The van der Waals surface area contributed by atoms with E-state index in [0.717, 1.165) is 19.4 Å². The molecule has 1 rings (SSSR count). The molecule has 5 nitrogen and oxygen atoms in total. The van der Waals surface area contributed by atoms with Gasteiger partial charge >= 0.3 is 0 Å². The van der Waals surface area contributed by atoms with Gasteiger partial charge in [-0.05, 0) is 33.2 Å². The van der Waals surface area contributed by atoms with Gasteiger partial charge < -0.3 is 15.5 Å². The molecular weight excluding hydrogens is 206 g/mol. The van der Waals surface area contributed by atoms with E-state index < -0.39 is 0 Å². The van der Waals surface area contributed by atoms with Crippen LogP contribution < -0.4 is 10.6 Å². The molecule has 1 unspecified atom stereocenters. The number of amides is 2. The Morgan fingerprint density at radius 2 is 2.19 bits per heavy atom. The van der Waals surface area contributed by atoms with Crippen molar-refractivity contribution < 1.29 is 9.59 Å². The molecule has 0 radical (unpaired) electrons. The molecule has 16 heavy (non-hydrogen) atoms. The number of carbonyl (C=O) groups is 2. The van der Waals surface area contributed by atoms with Crippen molar-refractivity contribution in [3.05, 3.63) is 0 Å². The first kappa shape index (κ1) is 13.0. The molecule has 0 aromatic heterocycles. The summed E-state index contributed by atoms with van der Waals surface area (Å²) in [4.78, 5) is 24.8. The van der Waals surface area contributed by atoms with Crippen LogP contribution in [-0.4, -0.2) is 48.9 Å². The van der Waals surface area contributed by atoms with Crippen molar-refractivity contribution in [2.45, 2.75) is 38.8 Å². The average Bonchev–Trinajstić information content (AvgIpc) is 2.67. The topological polar surface area (TPSA) is 61.4 Å². The second-order valence-corrected chi connectivity index (χ2v) is 4.57. The summed E-state index contributed by atoms with van der Waals surface area (Å²) in [5, 5.41) is 5.89. The van der Waals surface area contributed by atoms with Crippen molar-refractivity contribution in [3.63, 3.8) is 0 Å². The van der Waals surface area contributed by atoms with Crippen molar-refractivity contribution in [1.29, 1.82) is 0 Å². The molecule has 92 valence electrons. The fourth-order valence-corrected chi connectivity index (χ4v) is 1.82.